The Bertz CT molecular complexity index is 234. The van der Waals surface area contributed by atoms with Crippen molar-refractivity contribution in [1.82, 2.24) is 0 Å². The molecule has 2 fully saturated rings. The fraction of sp³-hybridized carbons (Fsp3) is 0.875. The second kappa shape index (κ2) is 3.72. The predicted octanol–water partition coefficient (Wildman–Crippen LogP) is -0.737. The zero-order valence-electron chi connectivity index (χ0n) is 7.84. The Kier molecular flexibility index (Phi) is 2.58. The van der Waals surface area contributed by atoms with E-state index in [1.165, 1.54) is 7.11 Å². The zero-order valence-corrected chi connectivity index (χ0v) is 7.84. The van der Waals surface area contributed by atoms with Crippen LogP contribution in [0.1, 0.15) is 0 Å². The van der Waals surface area contributed by atoms with Crippen LogP contribution in [0.2, 0.25) is 0 Å². The average Bonchev–Trinajstić information content (AvgIpc) is 2.82. The lowest BCUT2D eigenvalue weighted by molar-refractivity contribution is -0.0833. The number of epoxide rings is 1. The highest BCUT2D eigenvalue weighted by atomic mass is 16.7. The lowest BCUT2D eigenvalue weighted by Crippen LogP contribution is -2.37. The molecular weight excluding hydrogens is 190 g/mol. The van der Waals surface area contributed by atoms with Crippen molar-refractivity contribution in [2.75, 3.05) is 20.3 Å². The molecule has 2 saturated heterocycles. The molecule has 4 atom stereocenters. The van der Waals surface area contributed by atoms with Gasteiger partial charge in [-0.15, -0.1) is 0 Å². The van der Waals surface area contributed by atoms with E-state index in [4.69, 9.17) is 19.9 Å². The van der Waals surface area contributed by atoms with Gasteiger partial charge in [-0.3, -0.25) is 0 Å². The van der Waals surface area contributed by atoms with Crippen LogP contribution < -0.4 is 5.73 Å². The van der Waals surface area contributed by atoms with Crippen LogP contribution in [0.25, 0.3) is 0 Å². The number of rotatable bonds is 4. The largest absolute Gasteiger partial charge is 0.447 e. The SMILES string of the molecule is CO[C@@H](COC(N)=O)[C@H]1OC[C@@H]2O[C@H]12. The Morgan fingerprint density at radius 2 is 2.50 bits per heavy atom. The standard InChI is InChI=1S/C8H13NO5/c1-11-4(2-13-8(9)10)6-7-5(14-7)3-12-6/h4-7H,2-3H2,1H3,(H2,9,10)/t4-,5-,6+,7-/m0/s1. The van der Waals surface area contributed by atoms with E-state index in [9.17, 15) is 4.79 Å². The number of ether oxygens (including phenoxy) is 4. The molecule has 0 bridgehead atoms. The van der Waals surface area contributed by atoms with Gasteiger partial charge in [-0.05, 0) is 0 Å². The van der Waals surface area contributed by atoms with Gasteiger partial charge in [0.05, 0.1) is 6.61 Å². The first-order valence-corrected chi connectivity index (χ1v) is 4.44. The van der Waals surface area contributed by atoms with Crippen LogP contribution in [-0.2, 0) is 18.9 Å². The molecule has 0 aromatic rings. The van der Waals surface area contributed by atoms with Crippen molar-refractivity contribution in [2.45, 2.75) is 24.4 Å². The zero-order chi connectivity index (χ0) is 10.1. The maximum Gasteiger partial charge on any atom is 0.404 e. The van der Waals surface area contributed by atoms with Crippen molar-refractivity contribution in [2.24, 2.45) is 5.73 Å². The molecule has 0 saturated carbocycles. The maximum atomic E-state index is 10.4. The quantitative estimate of drug-likeness (QED) is 0.608. The Balaban J connectivity index is 1.82. The topological polar surface area (TPSA) is 83.3 Å². The summed E-state index contributed by atoms with van der Waals surface area (Å²) in [6, 6.07) is 0. The van der Waals surface area contributed by atoms with Gasteiger partial charge in [-0.2, -0.15) is 0 Å². The first-order valence-electron chi connectivity index (χ1n) is 4.44. The molecule has 80 valence electrons. The van der Waals surface area contributed by atoms with Crippen molar-refractivity contribution >= 4 is 6.09 Å². The number of primary amides is 1. The fourth-order valence-electron chi connectivity index (χ4n) is 1.66. The van der Waals surface area contributed by atoms with Gasteiger partial charge in [0, 0.05) is 7.11 Å². The van der Waals surface area contributed by atoms with E-state index in [2.05, 4.69) is 4.74 Å². The molecule has 0 unspecified atom stereocenters. The molecule has 6 nitrogen and oxygen atoms in total. The lowest BCUT2D eigenvalue weighted by atomic mass is 10.1. The number of carbonyl (C=O) groups is 1. The summed E-state index contributed by atoms with van der Waals surface area (Å²) < 4.78 is 20.5. The van der Waals surface area contributed by atoms with Crippen molar-refractivity contribution in [3.63, 3.8) is 0 Å². The Hall–Kier alpha value is -0.850. The molecule has 0 radical (unpaired) electrons. The number of carbonyl (C=O) groups excluding carboxylic acids is 1. The second-order valence-electron chi connectivity index (χ2n) is 3.34. The third kappa shape index (κ3) is 1.82. The van der Waals surface area contributed by atoms with E-state index >= 15 is 0 Å². The molecule has 2 N–H and O–H groups in total. The minimum atomic E-state index is -0.807. The minimum Gasteiger partial charge on any atom is -0.447 e. The molecule has 2 aliphatic heterocycles. The number of nitrogens with two attached hydrogens (primary N) is 1. The molecule has 0 aromatic heterocycles. The van der Waals surface area contributed by atoms with Crippen LogP contribution in [0.3, 0.4) is 0 Å². The summed E-state index contributed by atoms with van der Waals surface area (Å²) in [7, 11) is 1.54. The van der Waals surface area contributed by atoms with E-state index < -0.39 is 6.09 Å². The molecule has 1 amide bonds. The molecule has 0 aromatic carbocycles. The van der Waals surface area contributed by atoms with Gasteiger partial charge in [0.25, 0.3) is 0 Å². The first kappa shape index (κ1) is 9.70. The van der Waals surface area contributed by atoms with Crippen LogP contribution in [0.4, 0.5) is 4.79 Å². The maximum absolute atomic E-state index is 10.4. The fourth-order valence-corrected chi connectivity index (χ4v) is 1.66. The van der Waals surface area contributed by atoms with Crippen LogP contribution >= 0.6 is 0 Å². The molecule has 6 heteroatoms. The van der Waals surface area contributed by atoms with Gasteiger partial charge in [-0.1, -0.05) is 0 Å². The summed E-state index contributed by atoms with van der Waals surface area (Å²) in [6.07, 6.45) is -0.967. The van der Waals surface area contributed by atoms with Gasteiger partial charge >= 0.3 is 6.09 Å². The summed E-state index contributed by atoms with van der Waals surface area (Å²) in [5, 5.41) is 0. The highest BCUT2D eigenvalue weighted by Gasteiger charge is 2.54. The summed E-state index contributed by atoms with van der Waals surface area (Å²) in [4.78, 5) is 10.4. The molecule has 2 rings (SSSR count). The number of methoxy groups -OCH3 is 1. The third-order valence-corrected chi connectivity index (χ3v) is 2.46. The van der Waals surface area contributed by atoms with E-state index in [-0.39, 0.29) is 31.0 Å². The van der Waals surface area contributed by atoms with Crippen molar-refractivity contribution in [3.05, 3.63) is 0 Å². The molecule has 2 aliphatic rings. The van der Waals surface area contributed by atoms with Gasteiger partial charge in [-0.25, -0.2) is 4.79 Å². The summed E-state index contributed by atoms with van der Waals surface area (Å²) >= 11 is 0. The monoisotopic (exact) mass is 203 g/mol. The van der Waals surface area contributed by atoms with Crippen LogP contribution in [0, 0.1) is 0 Å². The highest BCUT2D eigenvalue weighted by Crippen LogP contribution is 2.36. The molecular formula is C8H13NO5. The average molecular weight is 203 g/mol. The normalized spacial score (nSPS) is 36.2. The molecule has 14 heavy (non-hydrogen) atoms. The van der Waals surface area contributed by atoms with Crippen LogP contribution in [0.5, 0.6) is 0 Å². The van der Waals surface area contributed by atoms with E-state index in [1.54, 1.807) is 0 Å². The lowest BCUT2D eigenvalue weighted by Gasteiger charge is -2.21. The highest BCUT2D eigenvalue weighted by molar-refractivity contribution is 5.64. The van der Waals surface area contributed by atoms with E-state index in [1.807, 2.05) is 0 Å². The van der Waals surface area contributed by atoms with Crippen molar-refractivity contribution < 1.29 is 23.7 Å². The van der Waals surface area contributed by atoms with Crippen LogP contribution in [0.15, 0.2) is 0 Å². The van der Waals surface area contributed by atoms with E-state index in [0.29, 0.717) is 6.61 Å². The molecule has 0 spiro atoms. The molecule has 0 aliphatic carbocycles. The van der Waals surface area contributed by atoms with Crippen LogP contribution in [-0.4, -0.2) is 50.8 Å². The van der Waals surface area contributed by atoms with Gasteiger partial charge in [0.1, 0.15) is 31.0 Å². The summed E-state index contributed by atoms with van der Waals surface area (Å²) in [6.45, 7) is 0.689. The molecule has 2 heterocycles. The number of hydrogen-bond acceptors (Lipinski definition) is 5. The predicted molar refractivity (Wildman–Crippen MR) is 44.7 cm³/mol. The third-order valence-electron chi connectivity index (χ3n) is 2.46. The van der Waals surface area contributed by atoms with Gasteiger partial charge in [0.2, 0.25) is 0 Å². The summed E-state index contributed by atoms with van der Waals surface area (Å²) in [5.41, 5.74) is 4.85. The second-order valence-corrected chi connectivity index (χ2v) is 3.34. The Labute approximate surface area is 81.2 Å². The van der Waals surface area contributed by atoms with Gasteiger partial charge in [0.15, 0.2) is 0 Å². The van der Waals surface area contributed by atoms with E-state index in [0.717, 1.165) is 0 Å². The summed E-state index contributed by atoms with van der Waals surface area (Å²) in [5.74, 6) is 0. The smallest absolute Gasteiger partial charge is 0.404 e. The number of fused-ring (bicyclic) bond motifs is 1. The minimum absolute atomic E-state index is 0.0939. The first-order chi connectivity index (χ1) is 6.72. The Morgan fingerprint density at radius 3 is 2.93 bits per heavy atom. The Morgan fingerprint density at radius 1 is 1.71 bits per heavy atom. The number of amides is 1. The van der Waals surface area contributed by atoms with Crippen molar-refractivity contribution in [1.29, 1.82) is 0 Å². The van der Waals surface area contributed by atoms with Crippen molar-refractivity contribution in [3.8, 4) is 0 Å². The van der Waals surface area contributed by atoms with Gasteiger partial charge < -0.3 is 24.7 Å². The number of hydrogen-bond donors (Lipinski definition) is 1.